The summed E-state index contributed by atoms with van der Waals surface area (Å²) in [6.45, 7) is 2.55. The van der Waals surface area contributed by atoms with Crippen LogP contribution in [0.4, 0.5) is 24.7 Å². The first-order valence-electron chi connectivity index (χ1n) is 11.3. The van der Waals surface area contributed by atoms with Gasteiger partial charge in [-0.05, 0) is 50.2 Å². The van der Waals surface area contributed by atoms with E-state index < -0.39 is 24.8 Å². The smallest absolute Gasteiger partial charge is 0.406 e. The average Bonchev–Trinajstić information content (AvgIpc) is 2.86. The number of halogens is 3. The van der Waals surface area contributed by atoms with Gasteiger partial charge in [-0.25, -0.2) is 9.97 Å². The molecule has 11 heteroatoms. The van der Waals surface area contributed by atoms with Gasteiger partial charge in [-0.2, -0.15) is 13.2 Å². The summed E-state index contributed by atoms with van der Waals surface area (Å²) in [6, 6.07) is 15.8. The second kappa shape index (κ2) is 10.7. The van der Waals surface area contributed by atoms with Crippen LogP contribution in [0.2, 0.25) is 0 Å². The van der Waals surface area contributed by atoms with Gasteiger partial charge < -0.3 is 24.0 Å². The van der Waals surface area contributed by atoms with Crippen molar-refractivity contribution in [2.45, 2.75) is 32.7 Å². The first-order valence-corrected chi connectivity index (χ1v) is 11.3. The Bertz CT molecular complexity index is 1170. The average molecular weight is 502 g/mol. The van der Waals surface area contributed by atoms with E-state index in [1.54, 1.807) is 13.8 Å². The third-order valence-corrected chi connectivity index (χ3v) is 5.31. The summed E-state index contributed by atoms with van der Waals surface area (Å²) in [6.07, 6.45) is -2.96. The zero-order valence-corrected chi connectivity index (χ0v) is 19.8. The molecule has 0 saturated carbocycles. The first-order chi connectivity index (χ1) is 17.2. The molecular weight excluding hydrogens is 475 g/mol. The monoisotopic (exact) mass is 501 g/mol. The van der Waals surface area contributed by atoms with E-state index in [-0.39, 0.29) is 12.4 Å². The standard InChI is InChI=1S/C25H26F3N5O3/c1-17(2)33(16-25(26,27)28)24(29)35-15-22-30-14-21-23(31-22)32(12-13-34-21)18-8-10-20(11-9-18)36-19-6-4-3-5-7-19/h3-11,14,17,29H,12-13,15-16H2,1-2H3. The SMILES string of the molecule is CC(C)N(CC(F)(F)F)C(=N)OCc1ncc2c(n1)N(c1ccc(Oc3ccccc3)cc1)CCO2. The van der Waals surface area contributed by atoms with Crippen LogP contribution in [0.15, 0.2) is 60.8 Å². The molecule has 1 aliphatic rings. The van der Waals surface area contributed by atoms with Gasteiger partial charge in [-0.1, -0.05) is 18.2 Å². The number of amidine groups is 1. The number of ether oxygens (including phenoxy) is 3. The Labute approximate surface area is 206 Å². The third-order valence-electron chi connectivity index (χ3n) is 5.31. The van der Waals surface area contributed by atoms with Gasteiger partial charge in [0, 0.05) is 11.7 Å². The van der Waals surface area contributed by atoms with Crippen LogP contribution in [0.5, 0.6) is 17.2 Å². The zero-order chi connectivity index (χ0) is 25.7. The predicted molar refractivity (Wildman–Crippen MR) is 128 cm³/mol. The van der Waals surface area contributed by atoms with Crippen molar-refractivity contribution in [1.82, 2.24) is 14.9 Å². The number of hydrogen-bond acceptors (Lipinski definition) is 7. The van der Waals surface area contributed by atoms with Crippen molar-refractivity contribution < 1.29 is 27.4 Å². The van der Waals surface area contributed by atoms with Crippen LogP contribution in [-0.4, -0.2) is 52.8 Å². The number of para-hydroxylation sites is 1. The van der Waals surface area contributed by atoms with Gasteiger partial charge in [-0.3, -0.25) is 5.41 Å². The molecule has 2 heterocycles. The van der Waals surface area contributed by atoms with Crippen LogP contribution >= 0.6 is 0 Å². The predicted octanol–water partition coefficient (Wildman–Crippen LogP) is 5.52. The van der Waals surface area contributed by atoms with Crippen LogP contribution in [-0.2, 0) is 11.3 Å². The Morgan fingerprint density at radius 3 is 2.47 bits per heavy atom. The molecule has 4 rings (SSSR count). The van der Waals surface area contributed by atoms with Crippen molar-refractivity contribution in [1.29, 1.82) is 5.41 Å². The molecule has 0 bridgehead atoms. The molecule has 0 unspecified atom stereocenters. The number of alkyl halides is 3. The minimum Gasteiger partial charge on any atom is -0.486 e. The lowest BCUT2D eigenvalue weighted by Gasteiger charge is -2.30. The van der Waals surface area contributed by atoms with E-state index in [0.717, 1.165) is 16.3 Å². The third kappa shape index (κ3) is 6.35. The molecule has 0 atom stereocenters. The van der Waals surface area contributed by atoms with Crippen molar-refractivity contribution in [3.05, 3.63) is 66.6 Å². The van der Waals surface area contributed by atoms with Crippen LogP contribution < -0.4 is 14.4 Å². The minimum absolute atomic E-state index is 0.216. The number of nitrogens with zero attached hydrogens (tertiary/aromatic N) is 4. The van der Waals surface area contributed by atoms with Crippen LogP contribution in [0.3, 0.4) is 0 Å². The number of hydrogen-bond donors (Lipinski definition) is 1. The second-order valence-electron chi connectivity index (χ2n) is 8.31. The maximum atomic E-state index is 12.9. The summed E-state index contributed by atoms with van der Waals surface area (Å²) < 4.78 is 55.4. The highest BCUT2D eigenvalue weighted by molar-refractivity contribution is 5.71. The number of rotatable bonds is 7. The van der Waals surface area contributed by atoms with Gasteiger partial charge in [-0.15, -0.1) is 0 Å². The van der Waals surface area contributed by atoms with Crippen LogP contribution in [0.25, 0.3) is 0 Å². The first kappa shape index (κ1) is 25.1. The summed E-state index contributed by atoms with van der Waals surface area (Å²) in [7, 11) is 0. The van der Waals surface area contributed by atoms with Crippen molar-refractivity contribution >= 4 is 17.5 Å². The second-order valence-corrected chi connectivity index (χ2v) is 8.31. The van der Waals surface area contributed by atoms with Gasteiger partial charge >= 0.3 is 6.18 Å². The Morgan fingerprint density at radius 1 is 1.11 bits per heavy atom. The number of fused-ring (bicyclic) bond motifs is 1. The van der Waals surface area contributed by atoms with Gasteiger partial charge in [0.05, 0.1) is 12.7 Å². The van der Waals surface area contributed by atoms with E-state index in [9.17, 15) is 13.2 Å². The molecule has 8 nitrogen and oxygen atoms in total. The van der Waals surface area contributed by atoms with E-state index >= 15 is 0 Å². The van der Waals surface area contributed by atoms with Gasteiger partial charge in [0.1, 0.15) is 24.7 Å². The lowest BCUT2D eigenvalue weighted by molar-refractivity contribution is -0.142. The molecule has 0 radical (unpaired) electrons. The summed E-state index contributed by atoms with van der Waals surface area (Å²) in [5.41, 5.74) is 0.856. The molecule has 0 spiro atoms. The summed E-state index contributed by atoms with van der Waals surface area (Å²) in [4.78, 5) is 11.5. The van der Waals surface area contributed by atoms with E-state index in [4.69, 9.17) is 19.6 Å². The summed E-state index contributed by atoms with van der Waals surface area (Å²) in [5, 5.41) is 7.97. The van der Waals surface area contributed by atoms with E-state index in [0.29, 0.717) is 30.5 Å². The molecule has 190 valence electrons. The lowest BCUT2D eigenvalue weighted by atomic mass is 10.2. The zero-order valence-electron chi connectivity index (χ0n) is 19.8. The molecular formula is C25H26F3N5O3. The number of anilines is 2. The van der Waals surface area contributed by atoms with Crippen molar-refractivity contribution in [3.8, 4) is 17.2 Å². The minimum atomic E-state index is -4.46. The van der Waals surface area contributed by atoms with E-state index in [1.807, 2.05) is 59.5 Å². The molecule has 0 saturated heterocycles. The highest BCUT2D eigenvalue weighted by Crippen LogP contribution is 2.35. The fourth-order valence-electron chi connectivity index (χ4n) is 3.58. The quantitative estimate of drug-likeness (QED) is 0.337. The largest absolute Gasteiger partial charge is 0.486 e. The van der Waals surface area contributed by atoms with Gasteiger partial charge in [0.25, 0.3) is 6.02 Å². The fourth-order valence-corrected chi connectivity index (χ4v) is 3.58. The summed E-state index contributed by atoms with van der Waals surface area (Å²) in [5.74, 6) is 2.62. The van der Waals surface area contributed by atoms with Crippen molar-refractivity contribution in [2.24, 2.45) is 0 Å². The molecule has 0 fully saturated rings. The molecule has 1 N–H and O–H groups in total. The highest BCUT2D eigenvalue weighted by Gasteiger charge is 2.34. The molecule has 1 aliphatic heterocycles. The molecule has 2 aromatic carbocycles. The van der Waals surface area contributed by atoms with Crippen LogP contribution in [0.1, 0.15) is 19.7 Å². The molecule has 0 amide bonds. The molecule has 3 aromatic rings. The van der Waals surface area contributed by atoms with E-state index in [2.05, 4.69) is 9.97 Å². The molecule has 0 aliphatic carbocycles. The number of aromatic nitrogens is 2. The fraction of sp³-hybridized carbons (Fsp3) is 0.320. The maximum Gasteiger partial charge on any atom is 0.406 e. The van der Waals surface area contributed by atoms with Crippen molar-refractivity contribution in [2.75, 3.05) is 24.6 Å². The Balaban J connectivity index is 1.46. The lowest BCUT2D eigenvalue weighted by Crippen LogP contribution is -2.44. The maximum absolute atomic E-state index is 12.9. The van der Waals surface area contributed by atoms with Crippen molar-refractivity contribution in [3.63, 3.8) is 0 Å². The number of nitrogens with one attached hydrogen (secondary N) is 1. The number of benzene rings is 2. The van der Waals surface area contributed by atoms with Crippen LogP contribution in [0, 0.1) is 5.41 Å². The Morgan fingerprint density at radius 2 is 1.81 bits per heavy atom. The molecule has 36 heavy (non-hydrogen) atoms. The topological polar surface area (TPSA) is 83.8 Å². The Hall–Kier alpha value is -4.02. The Kier molecular flexibility index (Phi) is 7.47. The van der Waals surface area contributed by atoms with E-state index in [1.165, 1.54) is 6.20 Å². The molecule has 1 aromatic heterocycles. The highest BCUT2D eigenvalue weighted by atomic mass is 19.4. The van der Waals surface area contributed by atoms with Gasteiger partial charge in [0.2, 0.25) is 0 Å². The van der Waals surface area contributed by atoms with Gasteiger partial charge in [0.15, 0.2) is 24.0 Å². The summed E-state index contributed by atoms with van der Waals surface area (Å²) >= 11 is 0. The normalized spacial score (nSPS) is 13.1.